The van der Waals surface area contributed by atoms with Crippen molar-refractivity contribution in [2.24, 2.45) is 5.92 Å². The molecule has 6 heteroatoms. The van der Waals surface area contributed by atoms with Crippen molar-refractivity contribution in [3.63, 3.8) is 0 Å². The Bertz CT molecular complexity index is 894. The number of amides is 1. The van der Waals surface area contributed by atoms with Crippen LogP contribution in [0.3, 0.4) is 0 Å². The maximum Gasteiger partial charge on any atom is 0.220 e. The van der Waals surface area contributed by atoms with Gasteiger partial charge in [-0.1, -0.05) is 11.6 Å². The van der Waals surface area contributed by atoms with Crippen LogP contribution in [0, 0.1) is 5.92 Å². The summed E-state index contributed by atoms with van der Waals surface area (Å²) in [5, 5.41) is 3.55. The summed E-state index contributed by atoms with van der Waals surface area (Å²) in [4.78, 5) is 11.9. The molecule has 1 saturated carbocycles. The minimum atomic E-state index is -0.0990. The van der Waals surface area contributed by atoms with Crippen molar-refractivity contribution >= 4 is 17.5 Å². The van der Waals surface area contributed by atoms with Gasteiger partial charge in [-0.05, 0) is 54.7 Å². The number of nitrogens with one attached hydrogen (secondary N) is 1. The van der Waals surface area contributed by atoms with E-state index in [0.717, 1.165) is 28.2 Å². The van der Waals surface area contributed by atoms with Crippen LogP contribution in [-0.4, -0.2) is 32.8 Å². The molecule has 4 rings (SSSR count). The molecule has 1 aliphatic heterocycles. The molecule has 0 spiro atoms. The molecule has 5 nitrogen and oxygen atoms in total. The number of hydrogen-bond acceptors (Lipinski definition) is 4. The molecule has 1 heterocycles. The summed E-state index contributed by atoms with van der Waals surface area (Å²) in [6.45, 7) is 0.494. The van der Waals surface area contributed by atoms with Gasteiger partial charge in [0, 0.05) is 24.0 Å². The highest BCUT2D eigenvalue weighted by Crippen LogP contribution is 2.42. The lowest BCUT2D eigenvalue weighted by Gasteiger charge is -2.13. The van der Waals surface area contributed by atoms with E-state index in [0.29, 0.717) is 36.1 Å². The van der Waals surface area contributed by atoms with Gasteiger partial charge in [0.15, 0.2) is 0 Å². The third-order valence-electron chi connectivity index (χ3n) is 5.27. The van der Waals surface area contributed by atoms with Gasteiger partial charge in [-0.2, -0.15) is 0 Å². The number of rotatable bonds is 7. The normalized spacial score (nSPS) is 17.6. The van der Waals surface area contributed by atoms with E-state index in [9.17, 15) is 4.79 Å². The lowest BCUT2D eigenvalue weighted by Crippen LogP contribution is -2.34. The first-order valence-corrected chi connectivity index (χ1v) is 9.93. The highest BCUT2D eigenvalue weighted by molar-refractivity contribution is 6.32. The maximum atomic E-state index is 11.9. The molecule has 1 atom stereocenters. The topological polar surface area (TPSA) is 56.8 Å². The molecule has 148 valence electrons. The molecule has 2 aromatic carbocycles. The van der Waals surface area contributed by atoms with Crippen LogP contribution in [-0.2, 0) is 11.2 Å². The van der Waals surface area contributed by atoms with Crippen molar-refractivity contribution < 1.29 is 19.0 Å². The molecule has 1 fully saturated rings. The fraction of sp³-hybridized carbons (Fsp3) is 0.409. The summed E-state index contributed by atoms with van der Waals surface area (Å²) < 4.78 is 16.9. The van der Waals surface area contributed by atoms with Crippen LogP contribution in [0.1, 0.15) is 24.8 Å². The summed E-state index contributed by atoms with van der Waals surface area (Å²) in [6, 6.07) is 9.63. The van der Waals surface area contributed by atoms with E-state index < -0.39 is 0 Å². The highest BCUT2D eigenvalue weighted by atomic mass is 35.5. The van der Waals surface area contributed by atoms with Gasteiger partial charge in [-0.3, -0.25) is 4.79 Å². The average molecular weight is 402 g/mol. The molecule has 0 radical (unpaired) electrons. The zero-order valence-corrected chi connectivity index (χ0v) is 16.8. The standard InChI is InChI=1S/C22H24ClNO4/c1-26-16-5-6-20(27-2)18(11-16)14-8-15-9-17(28-22(15)19(23)10-14)12-24-21(25)7-13-3-4-13/h5-6,8,10-11,13,17H,3-4,7,9,12H2,1-2H3,(H,24,25)/t17-/m0/s1. The van der Waals surface area contributed by atoms with E-state index in [1.165, 1.54) is 12.8 Å². The van der Waals surface area contributed by atoms with Gasteiger partial charge < -0.3 is 19.5 Å². The summed E-state index contributed by atoms with van der Waals surface area (Å²) in [6.07, 6.45) is 3.58. The van der Waals surface area contributed by atoms with Crippen molar-refractivity contribution in [3.05, 3.63) is 40.9 Å². The summed E-state index contributed by atoms with van der Waals surface area (Å²) >= 11 is 6.51. The Hall–Kier alpha value is -2.40. The highest BCUT2D eigenvalue weighted by Gasteiger charge is 2.28. The van der Waals surface area contributed by atoms with Crippen molar-refractivity contribution in [1.29, 1.82) is 0 Å². The van der Waals surface area contributed by atoms with Crippen LogP contribution in [0.5, 0.6) is 17.2 Å². The quantitative estimate of drug-likeness (QED) is 0.753. The first-order valence-electron chi connectivity index (χ1n) is 9.55. The van der Waals surface area contributed by atoms with Gasteiger partial charge in [0.25, 0.3) is 0 Å². The molecular formula is C22H24ClNO4. The zero-order valence-electron chi connectivity index (χ0n) is 16.1. The van der Waals surface area contributed by atoms with E-state index in [1.807, 2.05) is 24.3 Å². The minimum absolute atomic E-state index is 0.0990. The van der Waals surface area contributed by atoms with Crippen LogP contribution in [0.25, 0.3) is 11.1 Å². The first kappa shape index (κ1) is 18.9. The predicted octanol–water partition coefficient (Wildman–Crippen LogP) is 4.24. The fourth-order valence-electron chi connectivity index (χ4n) is 3.58. The van der Waals surface area contributed by atoms with E-state index in [4.69, 9.17) is 25.8 Å². The second-order valence-corrected chi connectivity index (χ2v) is 7.82. The Balaban J connectivity index is 1.51. The summed E-state index contributed by atoms with van der Waals surface area (Å²) in [5.74, 6) is 2.89. The number of carbonyl (C=O) groups excluding carboxylic acids is 1. The van der Waals surface area contributed by atoms with Gasteiger partial charge in [-0.25, -0.2) is 0 Å². The van der Waals surface area contributed by atoms with Gasteiger partial charge in [0.05, 0.1) is 25.8 Å². The van der Waals surface area contributed by atoms with Crippen molar-refractivity contribution in [1.82, 2.24) is 5.32 Å². The van der Waals surface area contributed by atoms with Crippen LogP contribution in [0.4, 0.5) is 0 Å². The summed E-state index contributed by atoms with van der Waals surface area (Å²) in [5.41, 5.74) is 2.89. The van der Waals surface area contributed by atoms with Crippen LogP contribution >= 0.6 is 11.6 Å². The Labute approximate surface area is 169 Å². The van der Waals surface area contributed by atoms with Gasteiger partial charge in [0.1, 0.15) is 23.4 Å². The Morgan fingerprint density at radius 3 is 2.75 bits per heavy atom. The van der Waals surface area contributed by atoms with Gasteiger partial charge >= 0.3 is 0 Å². The molecule has 2 aliphatic rings. The smallest absolute Gasteiger partial charge is 0.220 e. The number of halogens is 1. The second kappa shape index (κ2) is 7.92. The molecule has 2 aromatic rings. The van der Waals surface area contributed by atoms with E-state index in [2.05, 4.69) is 11.4 Å². The van der Waals surface area contributed by atoms with E-state index >= 15 is 0 Å². The second-order valence-electron chi connectivity index (χ2n) is 7.41. The zero-order chi connectivity index (χ0) is 19.7. The SMILES string of the molecule is COc1ccc(OC)c(-c2cc(Cl)c3c(c2)C[C@@H](CNC(=O)CC2CC2)O3)c1. The number of ether oxygens (including phenoxy) is 3. The van der Waals surface area contributed by atoms with Crippen LogP contribution in [0.2, 0.25) is 5.02 Å². The van der Waals surface area contributed by atoms with E-state index in [1.54, 1.807) is 14.2 Å². The Kier molecular flexibility index (Phi) is 5.36. The lowest BCUT2D eigenvalue weighted by molar-refractivity contribution is -0.121. The van der Waals surface area contributed by atoms with E-state index in [-0.39, 0.29) is 12.0 Å². The molecule has 0 unspecified atom stereocenters. The molecule has 1 aliphatic carbocycles. The molecule has 0 saturated heterocycles. The lowest BCUT2D eigenvalue weighted by atomic mass is 9.99. The average Bonchev–Trinajstić information content (AvgIpc) is 3.41. The molecule has 0 bridgehead atoms. The first-order chi connectivity index (χ1) is 13.6. The third kappa shape index (κ3) is 4.04. The van der Waals surface area contributed by atoms with Crippen molar-refractivity contribution in [3.8, 4) is 28.4 Å². The summed E-state index contributed by atoms with van der Waals surface area (Å²) in [7, 11) is 3.28. The van der Waals surface area contributed by atoms with Crippen molar-refractivity contribution in [2.75, 3.05) is 20.8 Å². The largest absolute Gasteiger partial charge is 0.497 e. The maximum absolute atomic E-state index is 11.9. The van der Waals surface area contributed by atoms with Crippen LogP contribution in [0.15, 0.2) is 30.3 Å². The minimum Gasteiger partial charge on any atom is -0.497 e. The Morgan fingerprint density at radius 1 is 1.21 bits per heavy atom. The molecular weight excluding hydrogens is 378 g/mol. The number of methoxy groups -OCH3 is 2. The predicted molar refractivity (Wildman–Crippen MR) is 108 cm³/mol. The van der Waals surface area contributed by atoms with Gasteiger partial charge in [0.2, 0.25) is 5.91 Å². The fourth-order valence-corrected chi connectivity index (χ4v) is 3.86. The molecule has 28 heavy (non-hydrogen) atoms. The number of benzene rings is 2. The molecule has 1 N–H and O–H groups in total. The van der Waals surface area contributed by atoms with Crippen LogP contribution < -0.4 is 19.5 Å². The third-order valence-corrected chi connectivity index (χ3v) is 5.55. The molecule has 0 aromatic heterocycles. The number of fused-ring (bicyclic) bond motifs is 1. The number of carbonyl (C=O) groups is 1. The monoisotopic (exact) mass is 401 g/mol. The number of hydrogen-bond donors (Lipinski definition) is 1. The van der Waals surface area contributed by atoms with Gasteiger partial charge in [-0.15, -0.1) is 0 Å². The Morgan fingerprint density at radius 2 is 2.04 bits per heavy atom. The van der Waals surface area contributed by atoms with Crippen molar-refractivity contribution in [2.45, 2.75) is 31.8 Å². The molecule has 1 amide bonds.